The number of benzene rings is 2. The second-order valence-electron chi connectivity index (χ2n) is 9.48. The van der Waals surface area contributed by atoms with Gasteiger partial charge >= 0.3 is 0 Å². The molecule has 1 unspecified atom stereocenters. The van der Waals surface area contributed by atoms with Crippen molar-refractivity contribution >= 4 is 28.4 Å². The van der Waals surface area contributed by atoms with E-state index in [2.05, 4.69) is 56.6 Å². The molecular formula is C28H37N5O2. The third-order valence-corrected chi connectivity index (χ3v) is 6.73. The van der Waals surface area contributed by atoms with Crippen LogP contribution in [0.1, 0.15) is 30.9 Å². The highest BCUT2D eigenvalue weighted by atomic mass is 16.2. The first kappa shape index (κ1) is 24.8. The van der Waals surface area contributed by atoms with Gasteiger partial charge in [-0.1, -0.05) is 30.3 Å². The number of aromatic amines is 1. The van der Waals surface area contributed by atoms with Crippen molar-refractivity contribution in [2.75, 3.05) is 44.2 Å². The number of rotatable bonds is 10. The fourth-order valence-electron chi connectivity index (χ4n) is 4.82. The smallest absolute Gasteiger partial charge is 0.242 e. The molecule has 4 rings (SSSR count). The minimum atomic E-state index is -0.582. The average molecular weight is 476 g/mol. The van der Waals surface area contributed by atoms with Crippen LogP contribution in [0.2, 0.25) is 0 Å². The van der Waals surface area contributed by atoms with E-state index >= 15 is 0 Å². The second kappa shape index (κ2) is 11.9. The number of aryl methyl sites for hydroxylation is 1. The molecular weight excluding hydrogens is 438 g/mol. The molecule has 3 aromatic rings. The molecule has 2 aromatic carbocycles. The first-order valence-corrected chi connectivity index (χ1v) is 12.6. The molecule has 1 aromatic heterocycles. The number of hydrogen-bond donors (Lipinski definition) is 3. The highest BCUT2D eigenvalue weighted by molar-refractivity contribution is 5.89. The van der Waals surface area contributed by atoms with Crippen LogP contribution in [0.4, 0.5) is 5.69 Å². The second-order valence-corrected chi connectivity index (χ2v) is 9.48. The summed E-state index contributed by atoms with van der Waals surface area (Å²) < 4.78 is 0. The number of unbranched alkanes of at least 4 members (excludes halogenated alkanes) is 1. The van der Waals surface area contributed by atoms with Gasteiger partial charge in [-0.3, -0.25) is 14.5 Å². The average Bonchev–Trinajstić information content (AvgIpc) is 3.26. The first-order chi connectivity index (χ1) is 17.0. The molecule has 7 nitrogen and oxygen atoms in total. The molecule has 0 saturated carbocycles. The number of piperazine rings is 1. The number of H-pyrrole nitrogens is 1. The summed E-state index contributed by atoms with van der Waals surface area (Å²) in [4.78, 5) is 32.8. The van der Waals surface area contributed by atoms with E-state index in [9.17, 15) is 9.59 Å². The number of hydrogen-bond acceptors (Lipinski definition) is 4. The summed E-state index contributed by atoms with van der Waals surface area (Å²) in [5.41, 5.74) is 4.67. The van der Waals surface area contributed by atoms with Crippen LogP contribution in [-0.4, -0.2) is 67.0 Å². The number of carbonyl (C=O) groups excluding carboxylic acids is 2. The van der Waals surface area contributed by atoms with Crippen molar-refractivity contribution in [2.24, 2.45) is 0 Å². The van der Waals surface area contributed by atoms with Crippen LogP contribution < -0.4 is 15.5 Å². The normalized spacial score (nSPS) is 15.2. The van der Waals surface area contributed by atoms with Crippen LogP contribution in [0.5, 0.6) is 0 Å². The van der Waals surface area contributed by atoms with Gasteiger partial charge in [0.05, 0.1) is 0 Å². The maximum absolute atomic E-state index is 12.8. The third kappa shape index (κ3) is 6.85. The van der Waals surface area contributed by atoms with E-state index in [1.165, 1.54) is 18.2 Å². The molecule has 35 heavy (non-hydrogen) atoms. The summed E-state index contributed by atoms with van der Waals surface area (Å²) in [6.07, 6.45) is 4.34. The van der Waals surface area contributed by atoms with E-state index in [4.69, 9.17) is 0 Å². The largest absolute Gasteiger partial charge is 0.369 e. The summed E-state index contributed by atoms with van der Waals surface area (Å²) in [5, 5.41) is 6.93. The van der Waals surface area contributed by atoms with Crippen molar-refractivity contribution in [1.29, 1.82) is 0 Å². The molecule has 1 aliphatic rings. The zero-order valence-corrected chi connectivity index (χ0v) is 20.8. The summed E-state index contributed by atoms with van der Waals surface area (Å²) >= 11 is 0. The number of carbonyl (C=O) groups is 2. The molecule has 2 amide bonds. The van der Waals surface area contributed by atoms with Crippen LogP contribution in [-0.2, 0) is 16.0 Å². The Morgan fingerprint density at radius 1 is 1.03 bits per heavy atom. The standard InChI is InChI=1S/C28H37N5O2/c1-21-8-7-9-24(18-21)33-16-14-32(15-17-33)13-6-5-12-29-28(35)27(31-22(2)34)19-23-20-30-26-11-4-3-10-25(23)26/h3-4,7-11,18,20,27,30H,5-6,12-17,19H2,1-2H3,(H,29,35)(H,31,34). The van der Waals surface area contributed by atoms with Crippen molar-refractivity contribution in [3.05, 3.63) is 65.9 Å². The zero-order chi connectivity index (χ0) is 24.6. The maximum atomic E-state index is 12.8. The molecule has 1 fully saturated rings. The summed E-state index contributed by atoms with van der Waals surface area (Å²) in [5.74, 6) is -0.327. The van der Waals surface area contributed by atoms with Crippen molar-refractivity contribution in [2.45, 2.75) is 39.2 Å². The Labute approximate surface area is 207 Å². The molecule has 186 valence electrons. The molecule has 0 aliphatic carbocycles. The van der Waals surface area contributed by atoms with E-state index in [1.54, 1.807) is 0 Å². The quantitative estimate of drug-likeness (QED) is 0.393. The van der Waals surface area contributed by atoms with Gasteiger partial charge in [0.1, 0.15) is 6.04 Å². The number of para-hydroxylation sites is 1. The number of amides is 2. The molecule has 7 heteroatoms. The van der Waals surface area contributed by atoms with E-state index in [1.807, 2.05) is 30.5 Å². The van der Waals surface area contributed by atoms with E-state index in [-0.39, 0.29) is 11.8 Å². The first-order valence-electron chi connectivity index (χ1n) is 12.6. The fraction of sp³-hybridized carbons (Fsp3) is 0.429. The van der Waals surface area contributed by atoms with E-state index in [0.29, 0.717) is 13.0 Å². The Kier molecular flexibility index (Phi) is 8.42. The Hall–Kier alpha value is -3.32. The van der Waals surface area contributed by atoms with Gasteiger partial charge in [0, 0.05) is 68.9 Å². The molecule has 3 N–H and O–H groups in total. The number of anilines is 1. The molecule has 0 radical (unpaired) electrons. The molecule has 0 spiro atoms. The molecule has 1 saturated heterocycles. The van der Waals surface area contributed by atoms with Crippen LogP contribution in [0, 0.1) is 6.92 Å². The number of fused-ring (bicyclic) bond motifs is 1. The number of nitrogens with zero attached hydrogens (tertiary/aromatic N) is 2. The lowest BCUT2D eigenvalue weighted by Gasteiger charge is -2.36. The monoisotopic (exact) mass is 475 g/mol. The van der Waals surface area contributed by atoms with Crippen molar-refractivity contribution in [1.82, 2.24) is 20.5 Å². The highest BCUT2D eigenvalue weighted by Gasteiger charge is 2.21. The Morgan fingerprint density at radius 3 is 2.60 bits per heavy atom. The molecule has 0 bridgehead atoms. The fourth-order valence-corrected chi connectivity index (χ4v) is 4.82. The minimum absolute atomic E-state index is 0.128. The predicted octanol–water partition coefficient (Wildman–Crippen LogP) is 3.24. The van der Waals surface area contributed by atoms with Gasteiger partial charge in [0.15, 0.2) is 0 Å². The lowest BCUT2D eigenvalue weighted by atomic mass is 10.0. The topological polar surface area (TPSA) is 80.5 Å². The Bertz CT molecular complexity index is 1130. The van der Waals surface area contributed by atoms with Gasteiger partial charge in [0.25, 0.3) is 0 Å². The van der Waals surface area contributed by atoms with Gasteiger partial charge in [-0.15, -0.1) is 0 Å². The lowest BCUT2D eigenvalue weighted by Crippen LogP contribution is -2.48. The molecule has 2 heterocycles. The van der Waals surface area contributed by atoms with Crippen molar-refractivity contribution in [3.63, 3.8) is 0 Å². The van der Waals surface area contributed by atoms with E-state index < -0.39 is 6.04 Å². The summed E-state index contributed by atoms with van der Waals surface area (Å²) in [7, 11) is 0. The minimum Gasteiger partial charge on any atom is -0.369 e. The SMILES string of the molecule is CC(=O)NC(Cc1c[nH]c2ccccc12)C(=O)NCCCCN1CCN(c2cccc(C)c2)CC1. The Morgan fingerprint density at radius 2 is 1.83 bits per heavy atom. The van der Waals surface area contributed by atoms with Crippen molar-refractivity contribution in [3.8, 4) is 0 Å². The maximum Gasteiger partial charge on any atom is 0.242 e. The number of aromatic nitrogens is 1. The highest BCUT2D eigenvalue weighted by Crippen LogP contribution is 2.20. The van der Waals surface area contributed by atoms with Gasteiger partial charge in [-0.05, 0) is 55.6 Å². The van der Waals surface area contributed by atoms with Gasteiger partial charge in [0.2, 0.25) is 11.8 Å². The predicted molar refractivity (Wildman–Crippen MR) is 142 cm³/mol. The molecule has 1 aliphatic heterocycles. The molecule has 1 atom stereocenters. The number of nitrogens with one attached hydrogen (secondary N) is 3. The van der Waals surface area contributed by atoms with Crippen LogP contribution in [0.25, 0.3) is 10.9 Å². The van der Waals surface area contributed by atoms with Crippen LogP contribution >= 0.6 is 0 Å². The summed E-state index contributed by atoms with van der Waals surface area (Å²) in [6, 6.07) is 16.1. The van der Waals surface area contributed by atoms with Crippen molar-refractivity contribution < 1.29 is 9.59 Å². The van der Waals surface area contributed by atoms with Gasteiger partial charge in [-0.2, -0.15) is 0 Å². The zero-order valence-electron chi connectivity index (χ0n) is 20.8. The van der Waals surface area contributed by atoms with E-state index in [0.717, 1.165) is 62.0 Å². The third-order valence-electron chi connectivity index (χ3n) is 6.73. The lowest BCUT2D eigenvalue weighted by molar-refractivity contribution is -0.128. The summed E-state index contributed by atoms with van der Waals surface area (Å²) in [6.45, 7) is 9.48. The van der Waals surface area contributed by atoms with Gasteiger partial charge in [-0.25, -0.2) is 0 Å². The Balaban J connectivity index is 1.18. The van der Waals surface area contributed by atoms with Crippen LogP contribution in [0.15, 0.2) is 54.7 Å². The van der Waals surface area contributed by atoms with Crippen LogP contribution in [0.3, 0.4) is 0 Å². The van der Waals surface area contributed by atoms with Gasteiger partial charge < -0.3 is 20.5 Å².